The van der Waals surface area contributed by atoms with E-state index < -0.39 is 0 Å². The summed E-state index contributed by atoms with van der Waals surface area (Å²) >= 11 is 6.22. The molecular weight excluding hydrogens is 370 g/mol. The van der Waals surface area contributed by atoms with Gasteiger partial charge in [0.15, 0.2) is 0 Å². The highest BCUT2D eigenvalue weighted by Crippen LogP contribution is 2.22. The molecule has 1 N–H and O–H groups in total. The van der Waals surface area contributed by atoms with Crippen molar-refractivity contribution in [2.24, 2.45) is 0 Å². The second kappa shape index (κ2) is 10.4. The van der Waals surface area contributed by atoms with Gasteiger partial charge in [0.25, 0.3) is 0 Å². The maximum Gasteiger partial charge on any atom is 0.234 e. The Hall–Kier alpha value is -2.14. The van der Waals surface area contributed by atoms with E-state index in [4.69, 9.17) is 11.6 Å². The van der Waals surface area contributed by atoms with Crippen LogP contribution in [0.1, 0.15) is 24.1 Å². The summed E-state index contributed by atoms with van der Waals surface area (Å²) in [4.78, 5) is 17.0. The molecule has 1 aliphatic rings. The lowest BCUT2D eigenvalue weighted by molar-refractivity contribution is -0.123. The van der Waals surface area contributed by atoms with Gasteiger partial charge in [0.05, 0.1) is 12.6 Å². The van der Waals surface area contributed by atoms with Crippen LogP contribution >= 0.6 is 11.6 Å². The van der Waals surface area contributed by atoms with Crippen molar-refractivity contribution in [2.75, 3.05) is 39.3 Å². The van der Waals surface area contributed by atoms with E-state index in [9.17, 15) is 4.79 Å². The third kappa shape index (κ3) is 6.20. The van der Waals surface area contributed by atoms with Gasteiger partial charge in [-0.15, -0.1) is 0 Å². The maximum atomic E-state index is 12.4. The van der Waals surface area contributed by atoms with Crippen LogP contribution in [0, 0.1) is 0 Å². The van der Waals surface area contributed by atoms with Crippen LogP contribution in [0.5, 0.6) is 0 Å². The van der Waals surface area contributed by atoms with Crippen LogP contribution in [0.25, 0.3) is 6.08 Å². The Labute approximate surface area is 172 Å². The van der Waals surface area contributed by atoms with Crippen molar-refractivity contribution >= 4 is 23.6 Å². The van der Waals surface area contributed by atoms with E-state index in [0.29, 0.717) is 11.6 Å². The highest BCUT2D eigenvalue weighted by Gasteiger charge is 2.19. The zero-order chi connectivity index (χ0) is 19.8. The van der Waals surface area contributed by atoms with Gasteiger partial charge in [0.1, 0.15) is 0 Å². The van der Waals surface area contributed by atoms with Gasteiger partial charge in [-0.2, -0.15) is 0 Å². The first-order chi connectivity index (χ1) is 13.6. The first kappa shape index (κ1) is 20.6. The van der Waals surface area contributed by atoms with Crippen molar-refractivity contribution < 1.29 is 4.79 Å². The second-order valence-corrected chi connectivity index (χ2v) is 7.61. The monoisotopic (exact) mass is 397 g/mol. The number of benzene rings is 2. The van der Waals surface area contributed by atoms with Crippen molar-refractivity contribution in [3.05, 3.63) is 76.8 Å². The largest absolute Gasteiger partial charge is 0.348 e. The van der Waals surface area contributed by atoms with Gasteiger partial charge < -0.3 is 5.32 Å². The van der Waals surface area contributed by atoms with Crippen molar-refractivity contribution in [3.63, 3.8) is 0 Å². The normalized spacial score (nSPS) is 16.9. The van der Waals surface area contributed by atoms with E-state index >= 15 is 0 Å². The van der Waals surface area contributed by atoms with Crippen molar-refractivity contribution in [2.45, 2.75) is 13.0 Å². The molecular formula is C23H28ClN3O. The number of rotatable bonds is 7. The van der Waals surface area contributed by atoms with Gasteiger partial charge in [-0.25, -0.2) is 0 Å². The molecule has 0 saturated carbocycles. The number of carbonyl (C=O) groups excluding carboxylic acids is 1. The molecule has 28 heavy (non-hydrogen) atoms. The number of amides is 1. The first-order valence-corrected chi connectivity index (χ1v) is 10.2. The van der Waals surface area contributed by atoms with E-state index in [1.165, 1.54) is 5.56 Å². The van der Waals surface area contributed by atoms with Crippen molar-refractivity contribution in [3.8, 4) is 0 Å². The van der Waals surface area contributed by atoms with Crippen LogP contribution in [0.3, 0.4) is 0 Å². The minimum Gasteiger partial charge on any atom is -0.348 e. The first-order valence-electron chi connectivity index (χ1n) is 9.82. The topological polar surface area (TPSA) is 35.6 Å². The Morgan fingerprint density at radius 3 is 2.39 bits per heavy atom. The average Bonchev–Trinajstić information content (AvgIpc) is 2.70. The lowest BCUT2D eigenvalue weighted by atomic mass is 10.1. The number of nitrogens with one attached hydrogen (secondary N) is 1. The third-order valence-corrected chi connectivity index (χ3v) is 5.40. The molecule has 1 amide bonds. The van der Waals surface area contributed by atoms with Gasteiger partial charge in [-0.3, -0.25) is 14.6 Å². The SMILES string of the molecule is CC(NC(=O)CN1CCN(CC=Cc2ccccc2)CC1)c1ccccc1Cl. The molecule has 148 valence electrons. The zero-order valence-electron chi connectivity index (χ0n) is 16.4. The van der Waals surface area contributed by atoms with E-state index in [-0.39, 0.29) is 11.9 Å². The van der Waals surface area contributed by atoms with Crippen LogP contribution < -0.4 is 5.32 Å². The molecule has 4 nitrogen and oxygen atoms in total. The predicted octanol–water partition coefficient (Wildman–Crippen LogP) is 3.85. The number of halogens is 1. The molecule has 2 aromatic carbocycles. The fraction of sp³-hybridized carbons (Fsp3) is 0.348. The molecule has 1 atom stereocenters. The summed E-state index contributed by atoms with van der Waals surface area (Å²) in [6.07, 6.45) is 4.37. The summed E-state index contributed by atoms with van der Waals surface area (Å²) in [6.45, 7) is 7.12. The Morgan fingerprint density at radius 2 is 1.68 bits per heavy atom. The smallest absolute Gasteiger partial charge is 0.234 e. The van der Waals surface area contributed by atoms with E-state index in [2.05, 4.69) is 51.5 Å². The maximum absolute atomic E-state index is 12.4. The number of hydrogen-bond acceptors (Lipinski definition) is 3. The van der Waals surface area contributed by atoms with E-state index in [1.54, 1.807) is 0 Å². The summed E-state index contributed by atoms with van der Waals surface area (Å²) in [5, 5.41) is 3.75. The van der Waals surface area contributed by atoms with E-state index in [1.807, 2.05) is 37.3 Å². The third-order valence-electron chi connectivity index (χ3n) is 5.05. The summed E-state index contributed by atoms with van der Waals surface area (Å²) < 4.78 is 0. The Morgan fingerprint density at radius 1 is 1.04 bits per heavy atom. The molecule has 0 aliphatic carbocycles. The van der Waals surface area contributed by atoms with Gasteiger partial charge in [0.2, 0.25) is 5.91 Å². The number of carbonyl (C=O) groups is 1. The molecule has 0 aromatic heterocycles. The highest BCUT2D eigenvalue weighted by molar-refractivity contribution is 6.31. The molecule has 3 rings (SSSR count). The Balaban J connectivity index is 1.38. The fourth-order valence-electron chi connectivity index (χ4n) is 3.43. The van der Waals surface area contributed by atoms with Crippen LogP contribution in [0.4, 0.5) is 0 Å². The molecule has 5 heteroatoms. The molecule has 2 aromatic rings. The minimum atomic E-state index is -0.0920. The molecule has 0 bridgehead atoms. The summed E-state index contributed by atoms with van der Waals surface area (Å²) in [5.41, 5.74) is 2.18. The van der Waals surface area contributed by atoms with Gasteiger partial charge in [0, 0.05) is 37.7 Å². The van der Waals surface area contributed by atoms with Crippen molar-refractivity contribution in [1.82, 2.24) is 15.1 Å². The second-order valence-electron chi connectivity index (χ2n) is 7.20. The molecule has 1 saturated heterocycles. The highest BCUT2D eigenvalue weighted by atomic mass is 35.5. The summed E-state index contributed by atoms with van der Waals surface area (Å²) in [7, 11) is 0. The average molecular weight is 398 g/mol. The number of hydrogen-bond donors (Lipinski definition) is 1. The lowest BCUT2D eigenvalue weighted by Crippen LogP contribution is -2.49. The quantitative estimate of drug-likeness (QED) is 0.770. The van der Waals surface area contributed by atoms with Crippen LogP contribution in [0.2, 0.25) is 5.02 Å². The summed E-state index contributed by atoms with van der Waals surface area (Å²) in [6, 6.07) is 17.9. The minimum absolute atomic E-state index is 0.0462. The van der Waals surface area contributed by atoms with E-state index in [0.717, 1.165) is 38.3 Å². The number of piperazine rings is 1. The van der Waals surface area contributed by atoms with Gasteiger partial charge in [-0.05, 0) is 24.1 Å². The predicted molar refractivity (Wildman–Crippen MR) is 116 cm³/mol. The Kier molecular flexibility index (Phi) is 7.66. The standard InChI is InChI=1S/C23H28ClN3O/c1-19(21-11-5-6-12-22(21)24)25-23(28)18-27-16-14-26(15-17-27)13-7-10-20-8-3-2-4-9-20/h2-12,19H,13-18H2,1H3,(H,25,28). The molecule has 0 spiro atoms. The van der Waals surface area contributed by atoms with Crippen LogP contribution in [-0.4, -0.2) is 55.0 Å². The number of nitrogens with zero attached hydrogens (tertiary/aromatic N) is 2. The molecule has 1 unspecified atom stereocenters. The lowest BCUT2D eigenvalue weighted by Gasteiger charge is -2.33. The summed E-state index contributed by atoms with van der Waals surface area (Å²) in [5.74, 6) is 0.0462. The molecule has 0 radical (unpaired) electrons. The zero-order valence-corrected chi connectivity index (χ0v) is 17.1. The molecule has 1 fully saturated rings. The van der Waals surface area contributed by atoms with Gasteiger partial charge >= 0.3 is 0 Å². The molecule has 1 heterocycles. The van der Waals surface area contributed by atoms with Crippen LogP contribution in [0.15, 0.2) is 60.7 Å². The molecule has 1 aliphatic heterocycles. The van der Waals surface area contributed by atoms with Gasteiger partial charge in [-0.1, -0.05) is 72.3 Å². The van der Waals surface area contributed by atoms with Crippen molar-refractivity contribution in [1.29, 1.82) is 0 Å². The fourth-order valence-corrected chi connectivity index (χ4v) is 3.73. The van der Waals surface area contributed by atoms with Crippen LogP contribution in [-0.2, 0) is 4.79 Å². The Bertz CT molecular complexity index is 785.